The van der Waals surface area contributed by atoms with Gasteiger partial charge in [-0.3, -0.25) is 9.59 Å². The van der Waals surface area contributed by atoms with Crippen LogP contribution in [0.15, 0.2) is 59.4 Å². The Bertz CT molecular complexity index is 1010. The Morgan fingerprint density at radius 3 is 2.37 bits per heavy atom. The second-order valence-electron chi connectivity index (χ2n) is 6.75. The van der Waals surface area contributed by atoms with E-state index in [0.717, 1.165) is 19.6 Å². The molecular formula is C21H22N4O2. The number of hydrogen-bond donors (Lipinski definition) is 1. The standard InChI is InChI=1S/C21H22N4O2/c26-20(22-12-15-24-13-6-7-14-24)19-17-10-4-5-11-18(17)21(27)25(23-19)16-8-2-1-3-9-16/h1-5,8-11H,6-7,12-15H2,(H,22,26). The van der Waals surface area contributed by atoms with E-state index in [1.807, 2.05) is 24.3 Å². The van der Waals surface area contributed by atoms with E-state index >= 15 is 0 Å². The van der Waals surface area contributed by atoms with E-state index in [2.05, 4.69) is 15.3 Å². The van der Waals surface area contributed by atoms with Crippen molar-refractivity contribution in [3.05, 3.63) is 70.6 Å². The quantitative estimate of drug-likeness (QED) is 0.756. The first-order valence-electron chi connectivity index (χ1n) is 9.32. The lowest BCUT2D eigenvalue weighted by atomic mass is 10.1. The molecule has 4 rings (SSSR count). The van der Waals surface area contributed by atoms with Gasteiger partial charge in [-0.05, 0) is 44.1 Å². The summed E-state index contributed by atoms with van der Waals surface area (Å²) in [5, 5.41) is 8.42. The monoisotopic (exact) mass is 362 g/mol. The highest BCUT2D eigenvalue weighted by Crippen LogP contribution is 2.15. The van der Waals surface area contributed by atoms with Crippen LogP contribution in [-0.2, 0) is 0 Å². The number of nitrogens with zero attached hydrogens (tertiary/aromatic N) is 3. The number of amides is 1. The van der Waals surface area contributed by atoms with E-state index in [-0.39, 0.29) is 17.2 Å². The number of hydrogen-bond acceptors (Lipinski definition) is 4. The van der Waals surface area contributed by atoms with Crippen molar-refractivity contribution in [1.29, 1.82) is 0 Å². The zero-order chi connectivity index (χ0) is 18.6. The number of fused-ring (bicyclic) bond motifs is 1. The van der Waals surface area contributed by atoms with Crippen molar-refractivity contribution in [2.45, 2.75) is 12.8 Å². The van der Waals surface area contributed by atoms with Crippen LogP contribution in [0.3, 0.4) is 0 Å². The van der Waals surface area contributed by atoms with Crippen molar-refractivity contribution < 1.29 is 4.79 Å². The van der Waals surface area contributed by atoms with Gasteiger partial charge >= 0.3 is 0 Å². The number of para-hydroxylation sites is 1. The molecule has 6 heteroatoms. The highest BCUT2D eigenvalue weighted by atomic mass is 16.2. The second kappa shape index (κ2) is 7.72. The normalized spacial score (nSPS) is 14.5. The van der Waals surface area contributed by atoms with E-state index in [0.29, 0.717) is 23.0 Å². The third kappa shape index (κ3) is 3.61. The number of rotatable bonds is 5. The molecule has 1 aliphatic rings. The van der Waals surface area contributed by atoms with Crippen molar-refractivity contribution >= 4 is 16.7 Å². The molecule has 1 fully saturated rings. The van der Waals surface area contributed by atoms with Crippen LogP contribution in [0, 0.1) is 0 Å². The molecule has 138 valence electrons. The molecule has 0 aliphatic carbocycles. The third-order valence-electron chi connectivity index (χ3n) is 4.93. The Morgan fingerprint density at radius 1 is 0.963 bits per heavy atom. The second-order valence-corrected chi connectivity index (χ2v) is 6.75. The maximum atomic E-state index is 12.9. The molecule has 2 aromatic carbocycles. The van der Waals surface area contributed by atoms with Crippen LogP contribution in [0.1, 0.15) is 23.3 Å². The first kappa shape index (κ1) is 17.4. The molecule has 0 spiro atoms. The van der Waals surface area contributed by atoms with Crippen LogP contribution >= 0.6 is 0 Å². The number of carbonyl (C=O) groups is 1. The summed E-state index contributed by atoms with van der Waals surface area (Å²) in [6.07, 6.45) is 2.45. The molecule has 2 heterocycles. The Morgan fingerprint density at radius 2 is 1.63 bits per heavy atom. The summed E-state index contributed by atoms with van der Waals surface area (Å²) in [6.45, 7) is 3.59. The maximum absolute atomic E-state index is 12.9. The fourth-order valence-corrected chi connectivity index (χ4v) is 3.52. The van der Waals surface area contributed by atoms with Crippen molar-refractivity contribution in [3.8, 4) is 5.69 Å². The van der Waals surface area contributed by atoms with E-state index in [1.54, 1.807) is 30.3 Å². The number of carbonyl (C=O) groups excluding carboxylic acids is 1. The summed E-state index contributed by atoms with van der Waals surface area (Å²) >= 11 is 0. The Hall–Kier alpha value is -2.99. The van der Waals surface area contributed by atoms with Gasteiger partial charge < -0.3 is 10.2 Å². The summed E-state index contributed by atoms with van der Waals surface area (Å²) < 4.78 is 1.30. The largest absolute Gasteiger partial charge is 0.349 e. The Balaban J connectivity index is 1.67. The fraction of sp³-hybridized carbons (Fsp3) is 0.286. The van der Waals surface area contributed by atoms with Crippen molar-refractivity contribution in [2.75, 3.05) is 26.2 Å². The van der Waals surface area contributed by atoms with Gasteiger partial charge in [0.05, 0.1) is 11.1 Å². The maximum Gasteiger partial charge on any atom is 0.279 e. The van der Waals surface area contributed by atoms with E-state index in [9.17, 15) is 9.59 Å². The minimum absolute atomic E-state index is 0.231. The van der Waals surface area contributed by atoms with Gasteiger partial charge in [0.25, 0.3) is 11.5 Å². The van der Waals surface area contributed by atoms with E-state index in [4.69, 9.17) is 0 Å². The predicted octanol–water partition coefficient (Wildman–Crippen LogP) is 2.21. The highest BCUT2D eigenvalue weighted by molar-refractivity contribution is 6.04. The zero-order valence-corrected chi connectivity index (χ0v) is 15.1. The third-order valence-corrected chi connectivity index (χ3v) is 4.93. The fourth-order valence-electron chi connectivity index (χ4n) is 3.52. The summed E-state index contributed by atoms with van der Waals surface area (Å²) in [5.74, 6) is -0.255. The molecular weight excluding hydrogens is 340 g/mol. The topological polar surface area (TPSA) is 67.2 Å². The van der Waals surface area contributed by atoms with Crippen LogP contribution < -0.4 is 10.9 Å². The molecule has 1 aliphatic heterocycles. The van der Waals surface area contributed by atoms with Gasteiger partial charge in [0, 0.05) is 18.5 Å². The molecule has 0 unspecified atom stereocenters. The molecule has 1 aromatic heterocycles. The summed E-state index contributed by atoms with van der Waals surface area (Å²) in [4.78, 5) is 28.0. The van der Waals surface area contributed by atoms with Crippen molar-refractivity contribution in [2.24, 2.45) is 0 Å². The average molecular weight is 362 g/mol. The smallest absolute Gasteiger partial charge is 0.279 e. The Kier molecular flexibility index (Phi) is 4.98. The van der Waals surface area contributed by atoms with E-state index < -0.39 is 0 Å². The van der Waals surface area contributed by atoms with Gasteiger partial charge in [-0.2, -0.15) is 9.78 Å². The lowest BCUT2D eigenvalue weighted by molar-refractivity contribution is 0.0945. The van der Waals surface area contributed by atoms with Gasteiger partial charge in [0.15, 0.2) is 5.69 Å². The predicted molar refractivity (Wildman–Crippen MR) is 105 cm³/mol. The zero-order valence-electron chi connectivity index (χ0n) is 15.1. The SMILES string of the molecule is O=C(NCCN1CCCC1)c1nn(-c2ccccc2)c(=O)c2ccccc12. The van der Waals surface area contributed by atoms with Crippen molar-refractivity contribution in [1.82, 2.24) is 20.0 Å². The minimum Gasteiger partial charge on any atom is -0.349 e. The van der Waals surface area contributed by atoms with Crippen LogP contribution in [0.5, 0.6) is 0 Å². The molecule has 0 bridgehead atoms. The molecule has 0 radical (unpaired) electrons. The molecule has 0 saturated carbocycles. The van der Waals surface area contributed by atoms with Gasteiger partial charge in [-0.1, -0.05) is 36.4 Å². The number of likely N-dealkylation sites (tertiary alicyclic amines) is 1. The minimum atomic E-state index is -0.255. The molecule has 1 saturated heterocycles. The van der Waals surface area contributed by atoms with E-state index in [1.165, 1.54) is 17.5 Å². The van der Waals surface area contributed by atoms with Crippen LogP contribution in [0.4, 0.5) is 0 Å². The lowest BCUT2D eigenvalue weighted by Gasteiger charge is -2.15. The number of benzene rings is 2. The van der Waals surface area contributed by atoms with Gasteiger partial charge in [-0.25, -0.2) is 0 Å². The molecule has 1 N–H and O–H groups in total. The Labute approximate surface area is 157 Å². The summed E-state index contributed by atoms with van der Waals surface area (Å²) in [7, 11) is 0. The van der Waals surface area contributed by atoms with Gasteiger partial charge in [0.1, 0.15) is 0 Å². The highest BCUT2D eigenvalue weighted by Gasteiger charge is 2.18. The number of nitrogens with one attached hydrogen (secondary N) is 1. The van der Waals surface area contributed by atoms with Crippen molar-refractivity contribution in [3.63, 3.8) is 0 Å². The molecule has 6 nitrogen and oxygen atoms in total. The van der Waals surface area contributed by atoms with Gasteiger partial charge in [-0.15, -0.1) is 0 Å². The van der Waals surface area contributed by atoms with Crippen LogP contribution in [-0.4, -0.2) is 46.8 Å². The molecule has 0 atom stereocenters. The average Bonchev–Trinajstić information content (AvgIpc) is 3.22. The lowest BCUT2D eigenvalue weighted by Crippen LogP contribution is -2.35. The number of aromatic nitrogens is 2. The molecule has 3 aromatic rings. The summed E-state index contributed by atoms with van der Waals surface area (Å²) in [6, 6.07) is 16.3. The van der Waals surface area contributed by atoms with Gasteiger partial charge in [0.2, 0.25) is 0 Å². The molecule has 27 heavy (non-hydrogen) atoms. The van der Waals surface area contributed by atoms with Crippen LogP contribution in [0.25, 0.3) is 16.5 Å². The molecule has 1 amide bonds. The van der Waals surface area contributed by atoms with Crippen LogP contribution in [0.2, 0.25) is 0 Å². The first-order valence-corrected chi connectivity index (χ1v) is 9.32. The summed E-state index contributed by atoms with van der Waals surface area (Å²) in [5.41, 5.74) is 0.681. The first-order chi connectivity index (χ1) is 13.2.